The highest BCUT2D eigenvalue weighted by molar-refractivity contribution is 7.91. The van der Waals surface area contributed by atoms with Crippen molar-refractivity contribution in [3.63, 3.8) is 0 Å². The van der Waals surface area contributed by atoms with Crippen molar-refractivity contribution in [2.24, 2.45) is 0 Å². The molecular weight excluding hydrogens is 352 g/mol. The second kappa shape index (κ2) is 6.96. The van der Waals surface area contributed by atoms with Crippen LogP contribution >= 0.6 is 0 Å². The predicted octanol–water partition coefficient (Wildman–Crippen LogP) is 2.60. The maximum atomic E-state index is 12.6. The van der Waals surface area contributed by atoms with Gasteiger partial charge in [-0.05, 0) is 44.5 Å². The minimum absolute atomic E-state index is 0.116. The predicted molar refractivity (Wildman–Crippen MR) is 97.2 cm³/mol. The Kier molecular flexibility index (Phi) is 4.88. The van der Waals surface area contributed by atoms with Gasteiger partial charge in [0.05, 0.1) is 23.1 Å². The number of aromatic nitrogens is 1. The number of Topliss-reactive ketones (excluding diaryl/α,β-unsaturated/α-hetero) is 1. The molecule has 0 aliphatic carbocycles. The van der Waals surface area contributed by atoms with Crippen LogP contribution in [0.2, 0.25) is 0 Å². The molecule has 1 atom stereocenters. The zero-order valence-electron chi connectivity index (χ0n) is 14.7. The minimum Gasteiger partial charge on any atom is -0.485 e. The average Bonchev–Trinajstić information content (AvgIpc) is 3.11. The Morgan fingerprint density at radius 1 is 1.35 bits per heavy atom. The van der Waals surface area contributed by atoms with Crippen LogP contribution in [0.5, 0.6) is 5.75 Å². The van der Waals surface area contributed by atoms with Crippen molar-refractivity contribution in [3.05, 3.63) is 52.8 Å². The van der Waals surface area contributed by atoms with Crippen LogP contribution in [0, 0.1) is 25.2 Å². The third-order valence-corrected chi connectivity index (χ3v) is 6.44. The number of hydrogen-bond acceptors (Lipinski definition) is 5. The molecule has 7 heteroatoms. The monoisotopic (exact) mass is 372 g/mol. The number of ether oxygens (including phenoxy) is 1. The first-order chi connectivity index (χ1) is 12.3. The standard InChI is InChI=1S/C19H20N2O4S/c1-13-8-18(14(2)21(13)16-6-7-26(23,24)12-16)19(22)11-25-17-5-3-4-15(9-17)10-20/h3-5,8-9,16H,6-7,11-12H2,1-2H3. The summed E-state index contributed by atoms with van der Waals surface area (Å²) in [6.45, 7) is 3.58. The number of ketones is 1. The van der Waals surface area contributed by atoms with Gasteiger partial charge in [0.1, 0.15) is 5.75 Å². The third kappa shape index (κ3) is 3.65. The summed E-state index contributed by atoms with van der Waals surface area (Å²) in [6.07, 6.45) is 0.573. The molecule has 1 unspecified atom stereocenters. The van der Waals surface area contributed by atoms with E-state index >= 15 is 0 Å². The van der Waals surface area contributed by atoms with Gasteiger partial charge in [0, 0.05) is 23.0 Å². The molecule has 1 fully saturated rings. The first kappa shape index (κ1) is 18.2. The van der Waals surface area contributed by atoms with E-state index in [9.17, 15) is 13.2 Å². The summed E-state index contributed by atoms with van der Waals surface area (Å²) < 4.78 is 31.0. The van der Waals surface area contributed by atoms with Crippen LogP contribution in [0.3, 0.4) is 0 Å². The van der Waals surface area contributed by atoms with E-state index in [1.807, 2.05) is 24.5 Å². The van der Waals surface area contributed by atoms with E-state index in [1.54, 1.807) is 30.3 Å². The fraction of sp³-hybridized carbons (Fsp3) is 0.368. The highest BCUT2D eigenvalue weighted by atomic mass is 32.2. The van der Waals surface area contributed by atoms with Gasteiger partial charge in [-0.25, -0.2) is 8.42 Å². The van der Waals surface area contributed by atoms with Gasteiger partial charge in [0.25, 0.3) is 0 Å². The molecule has 0 bridgehead atoms. The maximum absolute atomic E-state index is 12.6. The maximum Gasteiger partial charge on any atom is 0.202 e. The van der Waals surface area contributed by atoms with Gasteiger partial charge in [0.15, 0.2) is 16.4 Å². The van der Waals surface area contributed by atoms with Gasteiger partial charge in [-0.3, -0.25) is 4.79 Å². The number of nitriles is 1. The summed E-state index contributed by atoms with van der Waals surface area (Å²) in [5.74, 6) is 0.603. The van der Waals surface area contributed by atoms with Crippen LogP contribution in [-0.2, 0) is 9.84 Å². The molecule has 136 valence electrons. The molecule has 0 amide bonds. The van der Waals surface area contributed by atoms with E-state index in [1.165, 1.54) is 0 Å². The third-order valence-electron chi connectivity index (χ3n) is 4.69. The highest BCUT2D eigenvalue weighted by Gasteiger charge is 2.31. The van der Waals surface area contributed by atoms with Crippen molar-refractivity contribution in [2.75, 3.05) is 18.1 Å². The van der Waals surface area contributed by atoms with Gasteiger partial charge in [-0.2, -0.15) is 5.26 Å². The lowest BCUT2D eigenvalue weighted by atomic mass is 10.1. The van der Waals surface area contributed by atoms with Crippen molar-refractivity contribution in [3.8, 4) is 11.8 Å². The Morgan fingerprint density at radius 2 is 2.12 bits per heavy atom. The fourth-order valence-corrected chi connectivity index (χ4v) is 5.18. The van der Waals surface area contributed by atoms with Crippen LogP contribution < -0.4 is 4.74 Å². The van der Waals surface area contributed by atoms with Gasteiger partial charge in [-0.15, -0.1) is 0 Å². The summed E-state index contributed by atoms with van der Waals surface area (Å²) in [5.41, 5.74) is 2.65. The normalized spacial score (nSPS) is 18.4. The SMILES string of the molecule is Cc1cc(C(=O)COc2cccc(C#N)c2)c(C)n1C1CCS(=O)(=O)C1. The highest BCUT2D eigenvalue weighted by Crippen LogP contribution is 2.29. The second-order valence-electron chi connectivity index (χ2n) is 6.56. The van der Waals surface area contributed by atoms with Gasteiger partial charge in [-0.1, -0.05) is 6.07 Å². The lowest BCUT2D eigenvalue weighted by Crippen LogP contribution is -2.16. The molecule has 1 aromatic carbocycles. The van der Waals surface area contributed by atoms with Crippen molar-refractivity contribution >= 4 is 15.6 Å². The van der Waals surface area contributed by atoms with Crippen molar-refractivity contribution in [2.45, 2.75) is 26.3 Å². The molecule has 0 N–H and O–H groups in total. The molecule has 1 saturated heterocycles. The zero-order chi connectivity index (χ0) is 18.9. The second-order valence-corrected chi connectivity index (χ2v) is 8.79. The molecule has 1 aliphatic rings. The summed E-state index contributed by atoms with van der Waals surface area (Å²) in [7, 11) is -3.00. The Balaban J connectivity index is 1.76. The van der Waals surface area contributed by atoms with Crippen LogP contribution in [0.25, 0.3) is 0 Å². The number of aryl methyl sites for hydroxylation is 1. The first-order valence-electron chi connectivity index (χ1n) is 8.36. The van der Waals surface area contributed by atoms with Gasteiger partial charge >= 0.3 is 0 Å². The van der Waals surface area contributed by atoms with E-state index in [0.29, 0.717) is 23.3 Å². The summed E-state index contributed by atoms with van der Waals surface area (Å²) in [5, 5.41) is 8.91. The lowest BCUT2D eigenvalue weighted by molar-refractivity contribution is 0.0920. The Bertz CT molecular complexity index is 999. The number of nitrogens with zero attached hydrogens (tertiary/aromatic N) is 2. The minimum atomic E-state index is -3.00. The number of rotatable bonds is 5. The Hall–Kier alpha value is -2.59. The molecule has 2 aromatic rings. The summed E-state index contributed by atoms with van der Waals surface area (Å²) in [6, 6.07) is 10.3. The van der Waals surface area contributed by atoms with Crippen molar-refractivity contribution < 1.29 is 17.9 Å². The smallest absolute Gasteiger partial charge is 0.202 e. The van der Waals surface area contributed by atoms with E-state index in [-0.39, 0.29) is 29.9 Å². The Labute approximate surface area is 152 Å². The van der Waals surface area contributed by atoms with Crippen molar-refractivity contribution in [1.82, 2.24) is 4.57 Å². The molecular formula is C19H20N2O4S. The number of sulfone groups is 1. The number of carbonyl (C=O) groups excluding carboxylic acids is 1. The molecule has 6 nitrogen and oxygen atoms in total. The molecule has 1 aromatic heterocycles. The summed E-state index contributed by atoms with van der Waals surface area (Å²) in [4.78, 5) is 12.6. The Morgan fingerprint density at radius 3 is 2.77 bits per heavy atom. The lowest BCUT2D eigenvalue weighted by Gasteiger charge is -2.16. The first-order valence-corrected chi connectivity index (χ1v) is 10.2. The van der Waals surface area contributed by atoms with E-state index in [2.05, 4.69) is 0 Å². The van der Waals surface area contributed by atoms with E-state index < -0.39 is 9.84 Å². The summed E-state index contributed by atoms with van der Waals surface area (Å²) >= 11 is 0. The molecule has 3 rings (SSSR count). The topological polar surface area (TPSA) is 89.2 Å². The molecule has 2 heterocycles. The van der Waals surface area contributed by atoms with Crippen molar-refractivity contribution in [1.29, 1.82) is 5.26 Å². The van der Waals surface area contributed by atoms with Crippen LogP contribution in [0.4, 0.5) is 0 Å². The number of carbonyl (C=O) groups is 1. The fourth-order valence-electron chi connectivity index (χ4n) is 3.48. The van der Waals surface area contributed by atoms with Gasteiger partial charge < -0.3 is 9.30 Å². The molecule has 0 radical (unpaired) electrons. The molecule has 26 heavy (non-hydrogen) atoms. The van der Waals surface area contributed by atoms with E-state index in [0.717, 1.165) is 11.4 Å². The molecule has 0 saturated carbocycles. The quantitative estimate of drug-likeness (QED) is 0.753. The zero-order valence-corrected chi connectivity index (χ0v) is 15.5. The van der Waals surface area contributed by atoms with Gasteiger partial charge in [0.2, 0.25) is 5.78 Å². The number of benzene rings is 1. The van der Waals surface area contributed by atoms with E-state index in [4.69, 9.17) is 10.00 Å². The van der Waals surface area contributed by atoms with Crippen LogP contribution in [0.15, 0.2) is 30.3 Å². The largest absolute Gasteiger partial charge is 0.485 e. The molecule has 1 aliphatic heterocycles. The number of hydrogen-bond donors (Lipinski definition) is 0. The van der Waals surface area contributed by atoms with Crippen LogP contribution in [-0.4, -0.2) is 36.9 Å². The average molecular weight is 372 g/mol. The van der Waals surface area contributed by atoms with Crippen LogP contribution in [0.1, 0.15) is 39.8 Å². The molecule has 0 spiro atoms.